The normalized spacial score (nSPS) is 12.0. The van der Waals surface area contributed by atoms with Crippen molar-refractivity contribution in [1.82, 2.24) is 20.2 Å². The summed E-state index contributed by atoms with van der Waals surface area (Å²) in [5.41, 5.74) is 3.79. The first-order valence-electron chi connectivity index (χ1n) is 8.20. The van der Waals surface area contributed by atoms with E-state index in [1.165, 1.54) is 17.3 Å². The minimum Gasteiger partial charge on any atom is -0.497 e. The summed E-state index contributed by atoms with van der Waals surface area (Å²) in [6, 6.07) is 13.2. The van der Waals surface area contributed by atoms with Gasteiger partial charge in [0.25, 0.3) is 0 Å². The van der Waals surface area contributed by atoms with Gasteiger partial charge in [0, 0.05) is 5.56 Å². The van der Waals surface area contributed by atoms with Crippen molar-refractivity contribution in [2.75, 3.05) is 7.11 Å². The largest absolute Gasteiger partial charge is 0.497 e. The van der Waals surface area contributed by atoms with Gasteiger partial charge in [-0.3, -0.25) is 4.79 Å². The number of carbonyl (C=O) groups is 1. The number of nitrogens with zero attached hydrogens (tertiary/aromatic N) is 4. The number of carbonyl (C=O) groups excluding carboxylic acids is 1. The Morgan fingerprint density at radius 2 is 1.85 bits per heavy atom. The topological polar surface area (TPSA) is 69.9 Å². The molecule has 0 unspecified atom stereocenters. The minimum atomic E-state index is -0.305. The van der Waals surface area contributed by atoms with Crippen molar-refractivity contribution in [3.63, 3.8) is 0 Å². The average molecular weight is 368 g/mol. The van der Waals surface area contributed by atoms with Crippen LogP contribution in [0.15, 0.2) is 47.6 Å². The van der Waals surface area contributed by atoms with Crippen molar-refractivity contribution in [2.45, 2.75) is 31.2 Å². The Balaban J connectivity index is 1.79. The summed E-state index contributed by atoms with van der Waals surface area (Å²) in [6.07, 6.45) is 0. The third-order valence-corrected chi connectivity index (χ3v) is 5.23. The lowest BCUT2D eigenvalue weighted by Gasteiger charge is -2.11. The van der Waals surface area contributed by atoms with E-state index in [2.05, 4.69) is 15.5 Å². The highest BCUT2D eigenvalue weighted by Crippen LogP contribution is 2.26. The van der Waals surface area contributed by atoms with Crippen molar-refractivity contribution in [3.8, 4) is 11.4 Å². The lowest BCUT2D eigenvalue weighted by atomic mass is 10.0. The van der Waals surface area contributed by atoms with Gasteiger partial charge in [-0.05, 0) is 72.7 Å². The van der Waals surface area contributed by atoms with E-state index in [9.17, 15) is 4.79 Å². The molecule has 0 saturated carbocycles. The minimum absolute atomic E-state index is 0.0578. The van der Waals surface area contributed by atoms with E-state index >= 15 is 0 Å². The number of hydrogen-bond donors (Lipinski definition) is 0. The molecule has 1 atom stereocenters. The molecule has 0 saturated heterocycles. The zero-order valence-electron chi connectivity index (χ0n) is 15.1. The first-order chi connectivity index (χ1) is 12.5. The van der Waals surface area contributed by atoms with Gasteiger partial charge >= 0.3 is 0 Å². The Bertz CT molecular complexity index is 922. The van der Waals surface area contributed by atoms with Crippen molar-refractivity contribution < 1.29 is 9.53 Å². The molecule has 3 aromatic rings. The highest BCUT2D eigenvalue weighted by molar-refractivity contribution is 8.00. The van der Waals surface area contributed by atoms with Crippen LogP contribution in [0.2, 0.25) is 0 Å². The maximum Gasteiger partial charge on any atom is 0.214 e. The first-order valence-corrected chi connectivity index (χ1v) is 9.08. The number of ether oxygens (including phenoxy) is 1. The molecule has 0 bridgehead atoms. The number of aromatic nitrogens is 4. The van der Waals surface area contributed by atoms with Crippen LogP contribution in [-0.2, 0) is 0 Å². The molecule has 7 heteroatoms. The smallest absolute Gasteiger partial charge is 0.214 e. The lowest BCUT2D eigenvalue weighted by Crippen LogP contribution is -2.15. The van der Waals surface area contributed by atoms with E-state index in [4.69, 9.17) is 4.74 Å². The zero-order chi connectivity index (χ0) is 18.7. The molecule has 0 N–H and O–H groups in total. The average Bonchev–Trinajstić information content (AvgIpc) is 3.11. The number of benzene rings is 2. The third-order valence-electron chi connectivity index (χ3n) is 4.20. The molecule has 3 rings (SSSR count). The van der Waals surface area contributed by atoms with Crippen LogP contribution in [0, 0.1) is 13.8 Å². The van der Waals surface area contributed by atoms with E-state index in [1.54, 1.807) is 11.8 Å². The van der Waals surface area contributed by atoms with Crippen molar-refractivity contribution in [3.05, 3.63) is 59.2 Å². The van der Waals surface area contributed by atoms with Crippen LogP contribution in [-0.4, -0.2) is 38.4 Å². The quantitative estimate of drug-likeness (QED) is 0.489. The van der Waals surface area contributed by atoms with Crippen molar-refractivity contribution >= 4 is 17.5 Å². The summed E-state index contributed by atoms with van der Waals surface area (Å²) in [7, 11) is 1.62. The van der Waals surface area contributed by atoms with Crippen LogP contribution in [0.3, 0.4) is 0 Å². The number of methoxy groups -OCH3 is 1. The number of rotatable bonds is 6. The van der Waals surface area contributed by atoms with Crippen LogP contribution in [0.1, 0.15) is 28.4 Å². The molecule has 26 heavy (non-hydrogen) atoms. The predicted molar refractivity (Wildman–Crippen MR) is 101 cm³/mol. The number of thioether (sulfide) groups is 1. The SMILES string of the molecule is COc1ccc(-n2nnnc2S[C@@H](C)C(=O)c2ccc(C)c(C)c2)cc1. The maximum atomic E-state index is 12.8. The van der Waals surface area contributed by atoms with Gasteiger partial charge in [-0.2, -0.15) is 4.68 Å². The van der Waals surface area contributed by atoms with Gasteiger partial charge < -0.3 is 4.74 Å². The van der Waals surface area contributed by atoms with E-state index in [-0.39, 0.29) is 11.0 Å². The monoisotopic (exact) mass is 368 g/mol. The number of ketones is 1. The molecule has 0 aliphatic carbocycles. The fourth-order valence-corrected chi connectivity index (χ4v) is 3.36. The molecule has 0 aliphatic rings. The Hall–Kier alpha value is -2.67. The third kappa shape index (κ3) is 3.77. The van der Waals surface area contributed by atoms with Crippen LogP contribution in [0.25, 0.3) is 5.69 Å². The first kappa shape index (κ1) is 18.1. The number of Topliss-reactive ketones (excluding diaryl/α,β-unsaturated/α-hetero) is 1. The summed E-state index contributed by atoms with van der Waals surface area (Å²) < 4.78 is 6.79. The van der Waals surface area contributed by atoms with Gasteiger partial charge in [0.15, 0.2) is 5.78 Å². The Kier molecular flexibility index (Phi) is 5.37. The molecule has 0 aliphatic heterocycles. The fraction of sp³-hybridized carbons (Fsp3) is 0.263. The van der Waals surface area contributed by atoms with Gasteiger partial charge in [0.2, 0.25) is 5.16 Å². The van der Waals surface area contributed by atoms with E-state index in [1.807, 2.05) is 63.2 Å². The summed E-state index contributed by atoms with van der Waals surface area (Å²) in [4.78, 5) is 12.8. The molecule has 0 amide bonds. The number of aryl methyl sites for hydroxylation is 2. The maximum absolute atomic E-state index is 12.8. The lowest BCUT2D eigenvalue weighted by molar-refractivity contribution is 0.0993. The van der Waals surface area contributed by atoms with Crippen LogP contribution in [0.5, 0.6) is 5.75 Å². The predicted octanol–water partition coefficient (Wildman–Crippen LogP) is 3.65. The Morgan fingerprint density at radius 3 is 2.50 bits per heavy atom. The Labute approximate surface area is 156 Å². The molecule has 0 fully saturated rings. The molecule has 134 valence electrons. The highest BCUT2D eigenvalue weighted by Gasteiger charge is 2.21. The van der Waals surface area contributed by atoms with Gasteiger partial charge in [-0.25, -0.2) is 0 Å². The summed E-state index contributed by atoms with van der Waals surface area (Å²) in [5.74, 6) is 0.816. The molecule has 1 aromatic heterocycles. The van der Waals surface area contributed by atoms with Crippen molar-refractivity contribution in [1.29, 1.82) is 0 Å². The molecule has 2 aromatic carbocycles. The van der Waals surface area contributed by atoms with Crippen LogP contribution >= 0.6 is 11.8 Å². The highest BCUT2D eigenvalue weighted by atomic mass is 32.2. The molecule has 0 spiro atoms. The summed E-state index contributed by atoms with van der Waals surface area (Å²) >= 11 is 1.34. The second-order valence-electron chi connectivity index (χ2n) is 5.99. The van der Waals surface area contributed by atoms with Crippen LogP contribution < -0.4 is 4.74 Å². The van der Waals surface area contributed by atoms with E-state index in [0.29, 0.717) is 10.7 Å². The van der Waals surface area contributed by atoms with Crippen molar-refractivity contribution in [2.24, 2.45) is 0 Å². The van der Waals surface area contributed by atoms with E-state index < -0.39 is 0 Å². The number of tetrazole rings is 1. The number of hydrogen-bond acceptors (Lipinski definition) is 6. The van der Waals surface area contributed by atoms with Gasteiger partial charge in [0.1, 0.15) is 5.75 Å². The second kappa shape index (κ2) is 7.70. The molecule has 0 radical (unpaired) electrons. The van der Waals surface area contributed by atoms with E-state index in [0.717, 1.165) is 17.0 Å². The van der Waals surface area contributed by atoms with Gasteiger partial charge in [-0.1, -0.05) is 23.9 Å². The fourth-order valence-electron chi connectivity index (χ4n) is 2.48. The van der Waals surface area contributed by atoms with Gasteiger partial charge in [-0.15, -0.1) is 5.10 Å². The van der Waals surface area contributed by atoms with Crippen LogP contribution in [0.4, 0.5) is 0 Å². The molecule has 6 nitrogen and oxygen atoms in total. The summed E-state index contributed by atoms with van der Waals surface area (Å²) in [5, 5.41) is 12.1. The van der Waals surface area contributed by atoms with Gasteiger partial charge in [0.05, 0.1) is 18.0 Å². The summed E-state index contributed by atoms with van der Waals surface area (Å²) in [6.45, 7) is 5.91. The zero-order valence-corrected chi connectivity index (χ0v) is 15.9. The second-order valence-corrected chi connectivity index (χ2v) is 7.30. The molecule has 1 heterocycles. The molecular formula is C19H20N4O2S. The Morgan fingerprint density at radius 1 is 1.12 bits per heavy atom. The molecular weight excluding hydrogens is 348 g/mol. The standard InChI is InChI=1S/C19H20N4O2S/c1-12-5-6-15(11-13(12)2)18(24)14(3)26-19-20-21-22-23(19)16-7-9-17(25-4)10-8-16/h5-11,14H,1-4H3/t14-/m0/s1.